The summed E-state index contributed by atoms with van der Waals surface area (Å²) in [5, 5.41) is 15.7. The minimum Gasteiger partial charge on any atom is -0.491 e. The van der Waals surface area contributed by atoms with Crippen molar-refractivity contribution < 1.29 is 14.6 Å². The summed E-state index contributed by atoms with van der Waals surface area (Å²) >= 11 is 0. The Morgan fingerprint density at radius 2 is 1.76 bits per heavy atom. The Labute approximate surface area is 149 Å². The molecule has 2 aromatic carbocycles. The SMILES string of the molecule is Cc1ccccc1CNC(=O)NCC(O)c1ccc(OC(C)C)cc1. The van der Waals surface area contributed by atoms with Gasteiger partial charge in [0.25, 0.3) is 0 Å². The van der Waals surface area contributed by atoms with Crippen LogP contribution in [0.1, 0.15) is 36.6 Å². The second-order valence-corrected chi connectivity index (χ2v) is 6.24. The molecular weight excluding hydrogens is 316 g/mol. The van der Waals surface area contributed by atoms with E-state index in [1.54, 1.807) is 12.1 Å². The van der Waals surface area contributed by atoms with E-state index >= 15 is 0 Å². The Morgan fingerprint density at radius 1 is 1.08 bits per heavy atom. The first-order valence-electron chi connectivity index (χ1n) is 8.46. The van der Waals surface area contributed by atoms with Gasteiger partial charge >= 0.3 is 6.03 Å². The van der Waals surface area contributed by atoms with Gasteiger partial charge < -0.3 is 20.5 Å². The lowest BCUT2D eigenvalue weighted by atomic mass is 10.1. The number of amides is 2. The predicted octanol–water partition coefficient (Wildman–Crippen LogP) is 3.32. The second-order valence-electron chi connectivity index (χ2n) is 6.24. The van der Waals surface area contributed by atoms with Gasteiger partial charge in [-0.05, 0) is 49.6 Å². The van der Waals surface area contributed by atoms with E-state index in [0.717, 1.165) is 22.4 Å². The van der Waals surface area contributed by atoms with Gasteiger partial charge in [-0.15, -0.1) is 0 Å². The fourth-order valence-electron chi connectivity index (χ4n) is 2.39. The molecule has 3 N–H and O–H groups in total. The van der Waals surface area contributed by atoms with E-state index in [9.17, 15) is 9.90 Å². The van der Waals surface area contributed by atoms with E-state index in [0.29, 0.717) is 6.54 Å². The maximum atomic E-state index is 11.9. The molecule has 5 heteroatoms. The van der Waals surface area contributed by atoms with Crippen molar-refractivity contribution in [1.29, 1.82) is 0 Å². The maximum Gasteiger partial charge on any atom is 0.315 e. The molecule has 0 spiro atoms. The molecule has 0 aliphatic heterocycles. The Bertz CT molecular complexity index is 684. The normalized spacial score (nSPS) is 11.9. The van der Waals surface area contributed by atoms with Crippen LogP contribution in [0.5, 0.6) is 5.75 Å². The van der Waals surface area contributed by atoms with Gasteiger partial charge in [0.2, 0.25) is 0 Å². The van der Waals surface area contributed by atoms with Gasteiger partial charge in [0, 0.05) is 13.1 Å². The van der Waals surface area contributed by atoms with Crippen molar-refractivity contribution in [3.63, 3.8) is 0 Å². The third kappa shape index (κ3) is 6.12. The second kappa shape index (κ2) is 9.08. The zero-order chi connectivity index (χ0) is 18.2. The number of aliphatic hydroxyl groups excluding tert-OH is 1. The number of ether oxygens (including phenoxy) is 1. The Balaban J connectivity index is 1.78. The van der Waals surface area contributed by atoms with Crippen molar-refractivity contribution in [3.8, 4) is 5.75 Å². The molecule has 0 heterocycles. The molecule has 1 unspecified atom stereocenters. The first-order valence-corrected chi connectivity index (χ1v) is 8.46. The van der Waals surface area contributed by atoms with Gasteiger partial charge in [-0.2, -0.15) is 0 Å². The van der Waals surface area contributed by atoms with Gasteiger partial charge in [0.1, 0.15) is 5.75 Å². The van der Waals surface area contributed by atoms with Crippen molar-refractivity contribution in [1.82, 2.24) is 10.6 Å². The summed E-state index contributed by atoms with van der Waals surface area (Å²) in [6.45, 7) is 6.52. The van der Waals surface area contributed by atoms with E-state index in [2.05, 4.69) is 10.6 Å². The third-order valence-corrected chi connectivity index (χ3v) is 3.79. The highest BCUT2D eigenvalue weighted by atomic mass is 16.5. The van der Waals surface area contributed by atoms with Crippen LogP contribution >= 0.6 is 0 Å². The van der Waals surface area contributed by atoms with Crippen LogP contribution < -0.4 is 15.4 Å². The molecule has 0 saturated carbocycles. The number of urea groups is 1. The molecule has 0 aromatic heterocycles. The number of aliphatic hydroxyl groups is 1. The van der Waals surface area contributed by atoms with E-state index in [-0.39, 0.29) is 18.7 Å². The highest BCUT2D eigenvalue weighted by molar-refractivity contribution is 5.73. The topological polar surface area (TPSA) is 70.6 Å². The highest BCUT2D eigenvalue weighted by Crippen LogP contribution is 2.18. The van der Waals surface area contributed by atoms with Crippen LogP contribution in [-0.4, -0.2) is 23.8 Å². The summed E-state index contributed by atoms with van der Waals surface area (Å²) in [6, 6.07) is 14.8. The smallest absolute Gasteiger partial charge is 0.315 e. The Kier molecular flexibility index (Phi) is 6.83. The molecule has 134 valence electrons. The summed E-state index contributed by atoms with van der Waals surface area (Å²) in [4.78, 5) is 11.9. The van der Waals surface area contributed by atoms with E-state index < -0.39 is 6.10 Å². The molecule has 0 fully saturated rings. The molecule has 1 atom stereocenters. The fourth-order valence-corrected chi connectivity index (χ4v) is 2.39. The lowest BCUT2D eigenvalue weighted by molar-refractivity contribution is 0.173. The lowest BCUT2D eigenvalue weighted by Gasteiger charge is -2.15. The Hall–Kier alpha value is -2.53. The van der Waals surface area contributed by atoms with Gasteiger partial charge in [0.05, 0.1) is 12.2 Å². The van der Waals surface area contributed by atoms with Crippen molar-refractivity contribution >= 4 is 6.03 Å². The quantitative estimate of drug-likeness (QED) is 0.723. The van der Waals surface area contributed by atoms with Crippen molar-refractivity contribution in [2.75, 3.05) is 6.54 Å². The fraction of sp³-hybridized carbons (Fsp3) is 0.350. The number of hydrogen-bond acceptors (Lipinski definition) is 3. The number of nitrogens with one attached hydrogen (secondary N) is 2. The van der Waals surface area contributed by atoms with Gasteiger partial charge in [-0.25, -0.2) is 4.79 Å². The molecule has 5 nitrogen and oxygen atoms in total. The summed E-state index contributed by atoms with van der Waals surface area (Å²) in [6.07, 6.45) is -0.660. The molecule has 0 aliphatic carbocycles. The number of rotatable bonds is 7. The first kappa shape index (κ1) is 18.8. The van der Waals surface area contributed by atoms with Gasteiger partial charge in [-0.3, -0.25) is 0 Å². The van der Waals surface area contributed by atoms with Crippen molar-refractivity contribution in [2.24, 2.45) is 0 Å². The highest BCUT2D eigenvalue weighted by Gasteiger charge is 2.10. The van der Waals surface area contributed by atoms with Crippen LogP contribution in [0.2, 0.25) is 0 Å². The van der Waals surface area contributed by atoms with Crippen molar-refractivity contribution in [2.45, 2.75) is 39.5 Å². The zero-order valence-electron chi connectivity index (χ0n) is 15.0. The lowest BCUT2D eigenvalue weighted by Crippen LogP contribution is -2.37. The molecule has 2 amide bonds. The standard InChI is InChI=1S/C20H26N2O3/c1-14(2)25-18-10-8-16(9-11-18)19(23)13-22-20(24)21-12-17-7-5-4-6-15(17)3/h4-11,14,19,23H,12-13H2,1-3H3,(H2,21,22,24). The molecular formula is C20H26N2O3. The van der Waals surface area contributed by atoms with Crippen LogP contribution in [0.25, 0.3) is 0 Å². The van der Waals surface area contributed by atoms with Crippen LogP contribution in [0.3, 0.4) is 0 Å². The van der Waals surface area contributed by atoms with Crippen LogP contribution in [0.15, 0.2) is 48.5 Å². The Morgan fingerprint density at radius 3 is 2.40 bits per heavy atom. The summed E-state index contributed by atoms with van der Waals surface area (Å²) in [5.41, 5.74) is 2.93. The predicted molar refractivity (Wildman–Crippen MR) is 98.6 cm³/mol. The molecule has 0 radical (unpaired) electrons. The summed E-state index contributed by atoms with van der Waals surface area (Å²) < 4.78 is 5.57. The average Bonchev–Trinajstić information content (AvgIpc) is 2.59. The molecule has 0 bridgehead atoms. The number of benzene rings is 2. The average molecular weight is 342 g/mol. The number of hydrogen-bond donors (Lipinski definition) is 3. The molecule has 2 aromatic rings. The number of aryl methyl sites for hydroxylation is 1. The minimum atomic E-state index is -0.766. The largest absolute Gasteiger partial charge is 0.491 e. The monoisotopic (exact) mass is 342 g/mol. The molecule has 0 aliphatic rings. The van der Waals surface area contributed by atoms with Crippen molar-refractivity contribution in [3.05, 3.63) is 65.2 Å². The van der Waals surface area contributed by atoms with Gasteiger partial charge in [0.15, 0.2) is 0 Å². The number of carbonyl (C=O) groups is 1. The number of carbonyl (C=O) groups excluding carboxylic acids is 1. The zero-order valence-corrected chi connectivity index (χ0v) is 15.0. The van der Waals surface area contributed by atoms with Crippen LogP contribution in [-0.2, 0) is 6.54 Å². The van der Waals surface area contributed by atoms with Crippen LogP contribution in [0.4, 0.5) is 4.79 Å². The maximum absolute atomic E-state index is 11.9. The minimum absolute atomic E-state index is 0.106. The summed E-state index contributed by atoms with van der Waals surface area (Å²) in [5.74, 6) is 0.759. The first-order chi connectivity index (χ1) is 12.0. The van der Waals surface area contributed by atoms with E-state index in [4.69, 9.17) is 4.74 Å². The van der Waals surface area contributed by atoms with E-state index in [1.807, 2.05) is 57.2 Å². The molecule has 0 saturated heterocycles. The van der Waals surface area contributed by atoms with Gasteiger partial charge in [-0.1, -0.05) is 36.4 Å². The molecule has 2 rings (SSSR count). The summed E-state index contributed by atoms with van der Waals surface area (Å²) in [7, 11) is 0. The molecule has 25 heavy (non-hydrogen) atoms. The third-order valence-electron chi connectivity index (χ3n) is 3.79. The van der Waals surface area contributed by atoms with E-state index in [1.165, 1.54) is 0 Å². The van der Waals surface area contributed by atoms with Crippen LogP contribution in [0, 0.1) is 6.92 Å².